The molecule has 2 aromatic heterocycles. The van der Waals surface area contributed by atoms with Crippen LogP contribution in [0.5, 0.6) is 0 Å². The first-order valence-corrected chi connectivity index (χ1v) is 7.83. The summed E-state index contributed by atoms with van der Waals surface area (Å²) < 4.78 is 0. The third kappa shape index (κ3) is 3.64. The van der Waals surface area contributed by atoms with E-state index < -0.39 is 0 Å². The molecule has 0 saturated heterocycles. The van der Waals surface area contributed by atoms with Crippen LogP contribution in [0.4, 0.5) is 0 Å². The molecule has 0 spiro atoms. The number of hydrogen-bond acceptors (Lipinski definition) is 4. The van der Waals surface area contributed by atoms with Crippen LogP contribution in [0.15, 0.2) is 24.5 Å². The van der Waals surface area contributed by atoms with Crippen molar-refractivity contribution in [3.05, 3.63) is 35.1 Å². The Hall–Kier alpha value is -1.26. The molecule has 0 radical (unpaired) electrons. The highest BCUT2D eigenvalue weighted by molar-refractivity contribution is 7.15. The summed E-state index contributed by atoms with van der Waals surface area (Å²) in [6.07, 6.45) is 3.64. The third-order valence-corrected chi connectivity index (χ3v) is 4.11. The van der Waals surface area contributed by atoms with Gasteiger partial charge in [0.25, 0.3) is 0 Å². The lowest BCUT2D eigenvalue weighted by Gasteiger charge is -2.18. The van der Waals surface area contributed by atoms with Crippen LogP contribution in [-0.2, 0) is 12.0 Å². The van der Waals surface area contributed by atoms with E-state index in [4.69, 9.17) is 4.98 Å². The van der Waals surface area contributed by atoms with E-state index in [-0.39, 0.29) is 5.41 Å². The lowest BCUT2D eigenvalue weighted by atomic mass is 9.91. The van der Waals surface area contributed by atoms with E-state index in [9.17, 15) is 0 Å². The van der Waals surface area contributed by atoms with E-state index in [0.29, 0.717) is 6.04 Å². The Morgan fingerprint density at radius 2 is 1.85 bits per heavy atom. The Kier molecular flexibility index (Phi) is 4.55. The molecule has 2 heterocycles. The van der Waals surface area contributed by atoms with E-state index in [1.54, 1.807) is 11.3 Å². The second kappa shape index (κ2) is 6.02. The van der Waals surface area contributed by atoms with E-state index in [2.05, 4.69) is 44.9 Å². The van der Waals surface area contributed by atoms with Crippen molar-refractivity contribution in [2.45, 2.75) is 52.6 Å². The number of thiazole rings is 1. The molecule has 0 aliphatic rings. The van der Waals surface area contributed by atoms with Gasteiger partial charge in [-0.1, -0.05) is 34.6 Å². The van der Waals surface area contributed by atoms with Crippen molar-refractivity contribution in [2.75, 3.05) is 0 Å². The van der Waals surface area contributed by atoms with Crippen LogP contribution in [-0.4, -0.2) is 16.0 Å². The zero-order valence-corrected chi connectivity index (χ0v) is 13.7. The maximum Gasteiger partial charge on any atom is 0.124 e. The summed E-state index contributed by atoms with van der Waals surface area (Å²) in [5.41, 5.74) is 2.41. The Morgan fingerprint density at radius 3 is 2.40 bits per heavy atom. The van der Waals surface area contributed by atoms with Crippen molar-refractivity contribution in [3.63, 3.8) is 0 Å². The molecule has 3 nitrogen and oxygen atoms in total. The number of aromatic nitrogens is 2. The molecule has 0 fully saturated rings. The third-order valence-electron chi connectivity index (χ3n) is 3.01. The van der Waals surface area contributed by atoms with Crippen LogP contribution in [0.25, 0.3) is 10.6 Å². The normalized spacial score (nSPS) is 12.1. The first-order chi connectivity index (χ1) is 9.38. The fourth-order valence-corrected chi connectivity index (χ4v) is 3.20. The monoisotopic (exact) mass is 289 g/mol. The lowest BCUT2D eigenvalue weighted by Crippen LogP contribution is -2.23. The lowest BCUT2D eigenvalue weighted by molar-refractivity contribution is 0.546. The molecule has 4 heteroatoms. The van der Waals surface area contributed by atoms with Gasteiger partial charge in [-0.3, -0.25) is 4.98 Å². The smallest absolute Gasteiger partial charge is 0.124 e. The van der Waals surface area contributed by atoms with Crippen molar-refractivity contribution in [3.8, 4) is 10.6 Å². The van der Waals surface area contributed by atoms with Crippen molar-refractivity contribution >= 4 is 11.3 Å². The van der Waals surface area contributed by atoms with Gasteiger partial charge in [0.1, 0.15) is 5.01 Å². The van der Waals surface area contributed by atoms with E-state index >= 15 is 0 Å². The Morgan fingerprint density at radius 1 is 1.20 bits per heavy atom. The summed E-state index contributed by atoms with van der Waals surface area (Å²) in [6, 6.07) is 4.52. The summed E-state index contributed by atoms with van der Waals surface area (Å²) in [5, 5.41) is 4.58. The zero-order chi connectivity index (χ0) is 14.8. The molecule has 20 heavy (non-hydrogen) atoms. The maximum atomic E-state index is 4.88. The highest BCUT2D eigenvalue weighted by Crippen LogP contribution is 2.34. The molecule has 108 valence electrons. The first kappa shape index (κ1) is 15.1. The maximum absolute atomic E-state index is 4.88. The number of nitrogens with one attached hydrogen (secondary N) is 1. The zero-order valence-electron chi connectivity index (χ0n) is 12.9. The van der Waals surface area contributed by atoms with Crippen LogP contribution in [0, 0.1) is 0 Å². The highest BCUT2D eigenvalue weighted by Gasteiger charge is 2.23. The van der Waals surface area contributed by atoms with Gasteiger partial charge in [-0.2, -0.15) is 0 Å². The fourth-order valence-electron chi connectivity index (χ4n) is 1.97. The molecule has 0 saturated carbocycles. The molecule has 0 unspecified atom stereocenters. The summed E-state index contributed by atoms with van der Waals surface area (Å²) in [6.45, 7) is 11.9. The molecule has 0 aromatic carbocycles. The number of nitrogens with zero attached hydrogens (tertiary/aromatic N) is 2. The fraction of sp³-hybridized carbons (Fsp3) is 0.500. The quantitative estimate of drug-likeness (QED) is 0.924. The van der Waals surface area contributed by atoms with Gasteiger partial charge in [0.15, 0.2) is 0 Å². The van der Waals surface area contributed by atoms with Gasteiger partial charge in [-0.25, -0.2) is 4.98 Å². The number of pyridine rings is 1. The summed E-state index contributed by atoms with van der Waals surface area (Å²) in [4.78, 5) is 10.3. The predicted molar refractivity (Wildman–Crippen MR) is 86.0 cm³/mol. The summed E-state index contributed by atoms with van der Waals surface area (Å²) in [7, 11) is 0. The second-order valence-corrected chi connectivity index (χ2v) is 7.40. The van der Waals surface area contributed by atoms with Gasteiger partial charge in [0.2, 0.25) is 0 Å². The van der Waals surface area contributed by atoms with Crippen LogP contribution < -0.4 is 5.32 Å². The number of hydrogen-bond donors (Lipinski definition) is 1. The van der Waals surface area contributed by atoms with Crippen molar-refractivity contribution < 1.29 is 0 Å². The van der Waals surface area contributed by atoms with Gasteiger partial charge in [-0.05, 0) is 12.1 Å². The summed E-state index contributed by atoms with van der Waals surface area (Å²) >= 11 is 1.78. The molecule has 0 bridgehead atoms. The molecular weight excluding hydrogens is 266 g/mol. The van der Waals surface area contributed by atoms with E-state index in [0.717, 1.165) is 17.1 Å². The van der Waals surface area contributed by atoms with Crippen LogP contribution >= 0.6 is 11.3 Å². The number of rotatable bonds is 4. The second-order valence-electron chi connectivity index (χ2n) is 6.31. The van der Waals surface area contributed by atoms with Crippen LogP contribution in [0.3, 0.4) is 0 Å². The minimum absolute atomic E-state index is 0.0653. The Labute approximate surface area is 125 Å². The van der Waals surface area contributed by atoms with Gasteiger partial charge >= 0.3 is 0 Å². The van der Waals surface area contributed by atoms with Gasteiger partial charge in [0.05, 0.1) is 5.69 Å². The molecule has 0 amide bonds. The molecule has 0 atom stereocenters. The van der Waals surface area contributed by atoms with Crippen molar-refractivity contribution in [1.29, 1.82) is 0 Å². The van der Waals surface area contributed by atoms with Gasteiger partial charge < -0.3 is 5.32 Å². The van der Waals surface area contributed by atoms with Crippen LogP contribution in [0.2, 0.25) is 0 Å². The van der Waals surface area contributed by atoms with Gasteiger partial charge in [0, 0.05) is 40.8 Å². The minimum atomic E-state index is 0.0653. The van der Waals surface area contributed by atoms with Crippen molar-refractivity contribution in [1.82, 2.24) is 15.3 Å². The summed E-state index contributed by atoms with van der Waals surface area (Å²) in [5.74, 6) is 0. The molecular formula is C16H23N3S. The molecule has 0 aliphatic heterocycles. The molecule has 1 N–H and O–H groups in total. The van der Waals surface area contributed by atoms with E-state index in [1.807, 2.05) is 24.5 Å². The minimum Gasteiger partial charge on any atom is -0.310 e. The van der Waals surface area contributed by atoms with Crippen LogP contribution in [0.1, 0.15) is 45.2 Å². The average Bonchev–Trinajstić information content (AvgIpc) is 2.81. The standard InChI is InChI=1S/C16H23N3S/c1-11(2)18-10-13-14(16(3,4)5)19-15(20-13)12-6-8-17-9-7-12/h6-9,11,18H,10H2,1-5H3. The Bertz CT molecular complexity index is 553. The topological polar surface area (TPSA) is 37.8 Å². The molecule has 0 aliphatic carbocycles. The Balaban J connectivity index is 2.37. The van der Waals surface area contributed by atoms with E-state index in [1.165, 1.54) is 10.6 Å². The van der Waals surface area contributed by atoms with Gasteiger partial charge in [-0.15, -0.1) is 11.3 Å². The largest absolute Gasteiger partial charge is 0.310 e. The SMILES string of the molecule is CC(C)NCc1sc(-c2ccncc2)nc1C(C)(C)C. The first-order valence-electron chi connectivity index (χ1n) is 7.02. The highest BCUT2D eigenvalue weighted by atomic mass is 32.1. The molecule has 2 rings (SSSR count). The predicted octanol–water partition coefficient (Wildman–Crippen LogP) is 4.00. The average molecular weight is 289 g/mol. The van der Waals surface area contributed by atoms with Crippen molar-refractivity contribution in [2.24, 2.45) is 0 Å². The molecule has 2 aromatic rings.